The van der Waals surface area contributed by atoms with Crippen molar-refractivity contribution in [2.24, 2.45) is 0 Å². The van der Waals surface area contributed by atoms with Crippen LogP contribution in [0.25, 0.3) is 10.9 Å². The van der Waals surface area contributed by atoms with Gasteiger partial charge in [-0.15, -0.1) is 0 Å². The van der Waals surface area contributed by atoms with Crippen molar-refractivity contribution in [1.29, 1.82) is 0 Å². The zero-order chi connectivity index (χ0) is 20.5. The molecule has 0 spiro atoms. The predicted molar refractivity (Wildman–Crippen MR) is 115 cm³/mol. The van der Waals surface area contributed by atoms with Gasteiger partial charge in [0.2, 0.25) is 0 Å². The standard InChI is InChI=1S/C23H20N4O3/c1-27(16-3-2-4-19(13-16)29-17-9-10-17)15-5-7-18(8-6-15)30-23-25-21-14-24-12-11-20(21)22(28)26-23/h2-8,11-14,17H,9-10H2,1H3,(H,25,26,28). The highest BCUT2D eigenvalue weighted by molar-refractivity contribution is 5.76. The van der Waals surface area contributed by atoms with Crippen LogP contribution in [0.15, 0.2) is 71.8 Å². The summed E-state index contributed by atoms with van der Waals surface area (Å²) >= 11 is 0. The van der Waals surface area contributed by atoms with Gasteiger partial charge >= 0.3 is 6.01 Å². The maximum absolute atomic E-state index is 12.2. The van der Waals surface area contributed by atoms with E-state index >= 15 is 0 Å². The lowest BCUT2D eigenvalue weighted by molar-refractivity contribution is 0.303. The number of nitrogens with one attached hydrogen (secondary N) is 1. The van der Waals surface area contributed by atoms with E-state index in [1.54, 1.807) is 12.3 Å². The molecule has 1 aliphatic carbocycles. The van der Waals surface area contributed by atoms with E-state index in [4.69, 9.17) is 9.47 Å². The van der Waals surface area contributed by atoms with Gasteiger partial charge in [0.25, 0.3) is 5.56 Å². The Morgan fingerprint density at radius 1 is 1.03 bits per heavy atom. The van der Waals surface area contributed by atoms with Crippen LogP contribution in [0, 0.1) is 0 Å². The summed E-state index contributed by atoms with van der Waals surface area (Å²) in [4.78, 5) is 25.2. The van der Waals surface area contributed by atoms with E-state index < -0.39 is 0 Å². The zero-order valence-corrected chi connectivity index (χ0v) is 16.4. The van der Waals surface area contributed by atoms with Gasteiger partial charge in [0, 0.05) is 30.7 Å². The van der Waals surface area contributed by atoms with Crippen LogP contribution in [0.5, 0.6) is 17.5 Å². The number of aromatic nitrogens is 3. The number of rotatable bonds is 6. The molecule has 150 valence electrons. The second kappa shape index (κ2) is 7.51. The third kappa shape index (κ3) is 3.82. The van der Waals surface area contributed by atoms with Gasteiger partial charge in [0.1, 0.15) is 11.5 Å². The Morgan fingerprint density at radius 3 is 2.67 bits per heavy atom. The average Bonchev–Trinajstić information content (AvgIpc) is 3.58. The number of fused-ring (bicyclic) bond motifs is 1. The second-order valence-corrected chi connectivity index (χ2v) is 7.23. The first kappa shape index (κ1) is 18.2. The Kier molecular flexibility index (Phi) is 4.55. The molecule has 0 saturated heterocycles. The van der Waals surface area contributed by atoms with Gasteiger partial charge in [-0.2, -0.15) is 4.98 Å². The molecule has 30 heavy (non-hydrogen) atoms. The molecule has 7 heteroatoms. The summed E-state index contributed by atoms with van der Waals surface area (Å²) in [7, 11) is 2.00. The van der Waals surface area contributed by atoms with Crippen molar-refractivity contribution in [2.45, 2.75) is 18.9 Å². The molecule has 0 amide bonds. The number of benzene rings is 2. The van der Waals surface area contributed by atoms with Gasteiger partial charge in [-0.25, -0.2) is 0 Å². The van der Waals surface area contributed by atoms with Crippen LogP contribution in [0.1, 0.15) is 12.8 Å². The Balaban J connectivity index is 1.33. The fourth-order valence-electron chi connectivity index (χ4n) is 3.16. The Hall–Kier alpha value is -3.87. The third-order valence-electron chi connectivity index (χ3n) is 4.96. The largest absolute Gasteiger partial charge is 0.490 e. The number of anilines is 2. The molecule has 1 fully saturated rings. The SMILES string of the molecule is CN(c1ccc(Oc2nc3cnccc3c(=O)[nH]2)cc1)c1cccc(OC2CC2)c1. The molecule has 0 aliphatic heterocycles. The molecule has 0 radical (unpaired) electrons. The van der Waals surface area contributed by atoms with Gasteiger partial charge in [-0.1, -0.05) is 6.07 Å². The minimum Gasteiger partial charge on any atom is -0.490 e. The van der Waals surface area contributed by atoms with E-state index in [1.165, 1.54) is 6.20 Å². The molecular formula is C23H20N4O3. The zero-order valence-electron chi connectivity index (χ0n) is 16.4. The van der Waals surface area contributed by atoms with E-state index in [-0.39, 0.29) is 11.6 Å². The fraction of sp³-hybridized carbons (Fsp3) is 0.174. The van der Waals surface area contributed by atoms with Gasteiger partial charge < -0.3 is 14.4 Å². The lowest BCUT2D eigenvalue weighted by Gasteiger charge is -2.20. The molecule has 1 saturated carbocycles. The highest BCUT2D eigenvalue weighted by Crippen LogP contribution is 2.32. The van der Waals surface area contributed by atoms with Crippen LogP contribution < -0.4 is 19.9 Å². The van der Waals surface area contributed by atoms with Crippen molar-refractivity contribution < 1.29 is 9.47 Å². The minimum atomic E-state index is -0.262. The van der Waals surface area contributed by atoms with Crippen LogP contribution in [0.3, 0.4) is 0 Å². The smallest absolute Gasteiger partial charge is 0.302 e. The van der Waals surface area contributed by atoms with E-state index in [9.17, 15) is 4.79 Å². The normalized spacial score (nSPS) is 13.2. The molecule has 0 atom stereocenters. The van der Waals surface area contributed by atoms with Crippen LogP contribution in [0.4, 0.5) is 11.4 Å². The number of hydrogen-bond donors (Lipinski definition) is 1. The summed E-state index contributed by atoms with van der Waals surface area (Å²) in [5, 5.41) is 0.474. The summed E-state index contributed by atoms with van der Waals surface area (Å²) in [6.45, 7) is 0. The fourth-order valence-corrected chi connectivity index (χ4v) is 3.16. The van der Waals surface area contributed by atoms with Gasteiger partial charge in [0.15, 0.2) is 0 Å². The Labute approximate surface area is 172 Å². The topological polar surface area (TPSA) is 80.3 Å². The van der Waals surface area contributed by atoms with Crippen molar-refractivity contribution in [3.05, 3.63) is 77.3 Å². The van der Waals surface area contributed by atoms with Gasteiger partial charge in [0.05, 0.1) is 23.2 Å². The van der Waals surface area contributed by atoms with Crippen LogP contribution >= 0.6 is 0 Å². The van der Waals surface area contributed by atoms with E-state index in [2.05, 4.69) is 19.9 Å². The number of hydrogen-bond acceptors (Lipinski definition) is 6. The second-order valence-electron chi connectivity index (χ2n) is 7.23. The third-order valence-corrected chi connectivity index (χ3v) is 4.96. The molecule has 1 aliphatic rings. The number of pyridine rings is 1. The molecule has 2 aromatic carbocycles. The molecule has 1 N–H and O–H groups in total. The monoisotopic (exact) mass is 400 g/mol. The summed E-state index contributed by atoms with van der Waals surface area (Å²) < 4.78 is 11.6. The predicted octanol–water partition coefficient (Wildman–Crippen LogP) is 4.42. The average molecular weight is 400 g/mol. The Morgan fingerprint density at radius 2 is 1.87 bits per heavy atom. The maximum Gasteiger partial charge on any atom is 0.302 e. The first-order chi connectivity index (χ1) is 14.7. The first-order valence-corrected chi connectivity index (χ1v) is 9.78. The van der Waals surface area contributed by atoms with E-state index in [1.807, 2.05) is 55.6 Å². The highest BCUT2D eigenvalue weighted by atomic mass is 16.5. The summed E-state index contributed by atoms with van der Waals surface area (Å²) in [5.74, 6) is 1.46. The van der Waals surface area contributed by atoms with Gasteiger partial charge in [-0.3, -0.25) is 14.8 Å². The molecule has 7 nitrogen and oxygen atoms in total. The van der Waals surface area contributed by atoms with Crippen LogP contribution in [0.2, 0.25) is 0 Å². The van der Waals surface area contributed by atoms with Crippen molar-refractivity contribution in [2.75, 3.05) is 11.9 Å². The van der Waals surface area contributed by atoms with E-state index in [0.29, 0.717) is 22.8 Å². The van der Waals surface area contributed by atoms with Gasteiger partial charge in [-0.05, 0) is 55.3 Å². The molecular weight excluding hydrogens is 380 g/mol. The molecule has 5 rings (SSSR count). The number of ether oxygens (including phenoxy) is 2. The number of H-pyrrole nitrogens is 1. The summed E-state index contributed by atoms with van der Waals surface area (Å²) in [6.07, 6.45) is 5.73. The molecule has 0 unspecified atom stereocenters. The van der Waals surface area contributed by atoms with Crippen molar-refractivity contribution >= 4 is 22.3 Å². The molecule has 2 heterocycles. The molecule has 4 aromatic rings. The highest BCUT2D eigenvalue weighted by Gasteiger charge is 2.23. The summed E-state index contributed by atoms with van der Waals surface area (Å²) in [5.41, 5.74) is 2.26. The first-order valence-electron chi connectivity index (χ1n) is 9.78. The quantitative estimate of drug-likeness (QED) is 0.516. The van der Waals surface area contributed by atoms with Crippen molar-refractivity contribution in [1.82, 2.24) is 15.0 Å². The number of nitrogens with zero attached hydrogens (tertiary/aromatic N) is 3. The summed E-state index contributed by atoms with van der Waals surface area (Å²) in [6, 6.07) is 17.4. The lowest BCUT2D eigenvalue weighted by atomic mass is 10.2. The van der Waals surface area contributed by atoms with Crippen LogP contribution in [-0.4, -0.2) is 28.1 Å². The maximum atomic E-state index is 12.2. The van der Waals surface area contributed by atoms with E-state index in [0.717, 1.165) is 30.0 Å². The van der Waals surface area contributed by atoms with Crippen molar-refractivity contribution in [3.63, 3.8) is 0 Å². The Bertz CT molecular complexity index is 1250. The minimum absolute atomic E-state index is 0.131. The van der Waals surface area contributed by atoms with Crippen LogP contribution in [-0.2, 0) is 0 Å². The lowest BCUT2D eigenvalue weighted by Crippen LogP contribution is -2.10. The van der Waals surface area contributed by atoms with Crippen molar-refractivity contribution in [3.8, 4) is 17.5 Å². The molecule has 0 bridgehead atoms. The number of aromatic amines is 1. The molecule has 2 aromatic heterocycles.